The normalized spacial score (nSPS) is 33.0. The van der Waals surface area contributed by atoms with Gasteiger partial charge in [-0.15, -0.1) is 0 Å². The van der Waals surface area contributed by atoms with E-state index in [0.717, 1.165) is 19.1 Å². The number of hydrogen-bond donors (Lipinski definition) is 1. The maximum absolute atomic E-state index is 12.3. The lowest BCUT2D eigenvalue weighted by molar-refractivity contribution is -0.296. The number of hydrogen-bond acceptors (Lipinski definition) is 5. The number of benzene rings is 1. The Labute approximate surface area is 176 Å². The highest BCUT2D eigenvalue weighted by Gasteiger charge is 2.66. The third-order valence-corrected chi connectivity index (χ3v) is 8.31. The van der Waals surface area contributed by atoms with Crippen LogP contribution in [0.5, 0.6) is 0 Å². The Morgan fingerprint density at radius 2 is 1.86 bits per heavy atom. The quantitative estimate of drug-likeness (QED) is 0.765. The second-order valence-electron chi connectivity index (χ2n) is 9.66. The van der Waals surface area contributed by atoms with Gasteiger partial charge in [0.25, 0.3) is 0 Å². The van der Waals surface area contributed by atoms with Gasteiger partial charge in [-0.3, -0.25) is 4.79 Å². The fourth-order valence-corrected chi connectivity index (χ4v) is 6.32. The Morgan fingerprint density at radius 3 is 2.41 bits per heavy atom. The molecule has 0 aromatic heterocycles. The molecular weight excluding hydrogens is 416 g/mol. The maximum Gasteiger partial charge on any atom is 0.314 e. The first kappa shape index (κ1) is 21.1. The number of halogens is 1. The molecule has 3 aliphatic rings. The van der Waals surface area contributed by atoms with E-state index in [1.165, 1.54) is 12.1 Å². The van der Waals surface area contributed by atoms with Crippen molar-refractivity contribution in [2.75, 3.05) is 19.5 Å². The predicted molar refractivity (Wildman–Crippen MR) is 108 cm³/mol. The van der Waals surface area contributed by atoms with E-state index in [9.17, 15) is 18.3 Å². The van der Waals surface area contributed by atoms with E-state index < -0.39 is 27.0 Å². The first-order valence-electron chi connectivity index (χ1n) is 9.90. The Hall–Kier alpha value is -1.15. The SMILES string of the molecule is CC1(C)COC2(CC[C@H](C3CC3(C(=O)O)c3ccc(S(C)(=O)=O)c(Cl)c3)C2)OC1. The van der Waals surface area contributed by atoms with Crippen LogP contribution in [-0.4, -0.2) is 44.8 Å². The standard InChI is InChI=1S/C21H27ClO6S/c1-19(2)11-27-20(28-12-19)7-6-13(9-20)15-10-21(15,18(23)24)14-4-5-17(16(22)8-14)29(3,25)26/h4-5,8,13,15H,6-7,9-12H2,1-3H3,(H,23,24)/t13-,15?,21?/m0/s1. The summed E-state index contributed by atoms with van der Waals surface area (Å²) in [6, 6.07) is 4.52. The monoisotopic (exact) mass is 442 g/mol. The molecule has 2 unspecified atom stereocenters. The molecule has 0 bridgehead atoms. The molecule has 1 N–H and O–H groups in total. The maximum atomic E-state index is 12.3. The molecule has 3 fully saturated rings. The zero-order valence-corrected chi connectivity index (χ0v) is 18.5. The van der Waals surface area contributed by atoms with Crippen LogP contribution < -0.4 is 0 Å². The fourth-order valence-electron chi connectivity index (χ4n) is 4.99. The minimum absolute atomic E-state index is 0.00809. The van der Waals surface area contributed by atoms with E-state index >= 15 is 0 Å². The minimum Gasteiger partial charge on any atom is -0.481 e. The molecule has 1 aliphatic heterocycles. The Kier molecular flexibility index (Phi) is 4.85. The first-order chi connectivity index (χ1) is 13.4. The fraction of sp³-hybridized carbons (Fsp3) is 0.667. The lowest BCUT2D eigenvalue weighted by Gasteiger charge is -2.41. The Morgan fingerprint density at radius 1 is 1.21 bits per heavy atom. The molecular formula is C21H27ClO6S. The summed E-state index contributed by atoms with van der Waals surface area (Å²) in [6.45, 7) is 5.48. The molecule has 6 nitrogen and oxygen atoms in total. The van der Waals surface area contributed by atoms with Crippen LogP contribution >= 0.6 is 11.6 Å². The highest BCUT2D eigenvalue weighted by Crippen LogP contribution is 2.63. The summed E-state index contributed by atoms with van der Waals surface area (Å²) < 4.78 is 35.9. The number of rotatable bonds is 4. The smallest absolute Gasteiger partial charge is 0.314 e. The lowest BCUT2D eigenvalue weighted by atomic mass is 9.87. The largest absolute Gasteiger partial charge is 0.481 e. The molecule has 1 heterocycles. The molecule has 1 aromatic carbocycles. The molecule has 1 saturated heterocycles. The van der Waals surface area contributed by atoms with Crippen molar-refractivity contribution in [3.63, 3.8) is 0 Å². The zero-order chi connectivity index (χ0) is 21.2. The lowest BCUT2D eigenvalue weighted by Crippen LogP contribution is -2.46. The molecule has 1 aromatic rings. The van der Waals surface area contributed by atoms with Gasteiger partial charge in [0.1, 0.15) is 0 Å². The number of carboxylic acid groups (broad SMARTS) is 1. The average Bonchev–Trinajstić information content (AvgIpc) is 3.25. The van der Waals surface area contributed by atoms with Crippen molar-refractivity contribution < 1.29 is 27.8 Å². The van der Waals surface area contributed by atoms with Crippen molar-refractivity contribution in [2.24, 2.45) is 17.3 Å². The van der Waals surface area contributed by atoms with Crippen molar-refractivity contribution in [3.8, 4) is 0 Å². The van der Waals surface area contributed by atoms with Gasteiger partial charge in [-0.1, -0.05) is 31.5 Å². The molecule has 8 heteroatoms. The Bertz CT molecular complexity index is 946. The van der Waals surface area contributed by atoms with Crippen molar-refractivity contribution in [1.29, 1.82) is 0 Å². The summed E-state index contributed by atoms with van der Waals surface area (Å²) in [4.78, 5) is 12.3. The third kappa shape index (κ3) is 3.60. The number of sulfone groups is 1. The van der Waals surface area contributed by atoms with Crippen molar-refractivity contribution in [1.82, 2.24) is 0 Å². The van der Waals surface area contributed by atoms with Crippen molar-refractivity contribution in [3.05, 3.63) is 28.8 Å². The highest BCUT2D eigenvalue weighted by molar-refractivity contribution is 7.90. The van der Waals surface area contributed by atoms with E-state index in [0.29, 0.717) is 31.6 Å². The van der Waals surface area contributed by atoms with Crippen LogP contribution in [-0.2, 0) is 29.5 Å². The summed E-state index contributed by atoms with van der Waals surface area (Å²) in [5.74, 6) is -1.34. The summed E-state index contributed by atoms with van der Waals surface area (Å²) >= 11 is 6.19. The molecule has 160 valence electrons. The van der Waals surface area contributed by atoms with Gasteiger partial charge in [0.05, 0.1) is 28.5 Å². The van der Waals surface area contributed by atoms with Crippen molar-refractivity contribution in [2.45, 2.75) is 55.6 Å². The Balaban J connectivity index is 1.56. The van der Waals surface area contributed by atoms with Gasteiger partial charge >= 0.3 is 5.97 Å². The van der Waals surface area contributed by atoms with E-state index in [4.69, 9.17) is 21.1 Å². The van der Waals surface area contributed by atoms with Gasteiger partial charge in [0, 0.05) is 24.5 Å². The molecule has 2 aliphatic carbocycles. The van der Waals surface area contributed by atoms with Crippen LogP contribution in [0.1, 0.15) is 45.1 Å². The second-order valence-corrected chi connectivity index (χ2v) is 12.1. The molecule has 0 radical (unpaired) electrons. The van der Waals surface area contributed by atoms with Crippen LogP contribution in [0, 0.1) is 17.3 Å². The summed E-state index contributed by atoms with van der Waals surface area (Å²) in [5, 5.41) is 10.1. The number of carboxylic acids is 1. The van der Waals surface area contributed by atoms with Crippen LogP contribution in [0.25, 0.3) is 0 Å². The summed E-state index contributed by atoms with van der Waals surface area (Å²) in [5.41, 5.74) is -0.463. The summed E-state index contributed by atoms with van der Waals surface area (Å²) in [6.07, 6.45) is 3.92. The van der Waals surface area contributed by atoms with Crippen LogP contribution in [0.3, 0.4) is 0 Å². The minimum atomic E-state index is -3.47. The number of carbonyl (C=O) groups is 1. The molecule has 2 saturated carbocycles. The molecule has 3 atom stereocenters. The van der Waals surface area contributed by atoms with Crippen molar-refractivity contribution >= 4 is 27.4 Å². The van der Waals surface area contributed by atoms with Crippen LogP contribution in [0.15, 0.2) is 23.1 Å². The van der Waals surface area contributed by atoms with Gasteiger partial charge < -0.3 is 14.6 Å². The van der Waals surface area contributed by atoms with Gasteiger partial charge in [-0.05, 0) is 42.4 Å². The van der Waals surface area contributed by atoms with Gasteiger partial charge in [0.15, 0.2) is 15.6 Å². The number of ether oxygens (including phenoxy) is 2. The van der Waals surface area contributed by atoms with Gasteiger partial charge in [0.2, 0.25) is 0 Å². The molecule has 4 rings (SSSR count). The van der Waals surface area contributed by atoms with Gasteiger partial charge in [-0.2, -0.15) is 0 Å². The summed E-state index contributed by atoms with van der Waals surface area (Å²) in [7, 11) is -3.47. The van der Waals surface area contributed by atoms with Crippen LogP contribution in [0.4, 0.5) is 0 Å². The molecule has 1 spiro atoms. The predicted octanol–water partition coefficient (Wildman–Crippen LogP) is 3.66. The van der Waals surface area contributed by atoms with E-state index in [1.807, 2.05) is 0 Å². The van der Waals surface area contributed by atoms with E-state index in [1.54, 1.807) is 6.07 Å². The number of aliphatic carboxylic acids is 1. The zero-order valence-electron chi connectivity index (χ0n) is 16.9. The van der Waals surface area contributed by atoms with E-state index in [-0.39, 0.29) is 27.2 Å². The topological polar surface area (TPSA) is 89.9 Å². The average molecular weight is 443 g/mol. The first-order valence-corrected chi connectivity index (χ1v) is 12.2. The molecule has 0 amide bonds. The van der Waals surface area contributed by atoms with Crippen LogP contribution in [0.2, 0.25) is 5.02 Å². The third-order valence-electron chi connectivity index (χ3n) is 6.73. The van der Waals surface area contributed by atoms with E-state index in [2.05, 4.69) is 13.8 Å². The molecule has 29 heavy (non-hydrogen) atoms. The van der Waals surface area contributed by atoms with Gasteiger partial charge in [-0.25, -0.2) is 8.42 Å². The highest BCUT2D eigenvalue weighted by atomic mass is 35.5. The second kappa shape index (κ2) is 6.67.